The third kappa shape index (κ3) is 3.86. The quantitative estimate of drug-likeness (QED) is 0.800. The van der Waals surface area contributed by atoms with E-state index >= 15 is 0 Å². The highest BCUT2D eigenvalue weighted by Crippen LogP contribution is 2.37. The molecule has 0 aromatic carbocycles. The number of rotatable bonds is 3. The number of hydrogen-bond donors (Lipinski definition) is 0. The first-order valence-electron chi connectivity index (χ1n) is 10.3. The van der Waals surface area contributed by atoms with Crippen molar-refractivity contribution in [1.29, 1.82) is 5.26 Å². The number of piperazine rings is 1. The average molecular weight is 385 g/mol. The second kappa shape index (κ2) is 7.71. The summed E-state index contributed by atoms with van der Waals surface area (Å²) in [7, 11) is 0. The predicted molar refractivity (Wildman–Crippen MR) is 109 cm³/mol. The number of anilines is 1. The van der Waals surface area contributed by atoms with Gasteiger partial charge in [0.1, 0.15) is 11.9 Å². The summed E-state index contributed by atoms with van der Waals surface area (Å²) in [6.45, 7) is 15.6. The van der Waals surface area contributed by atoms with Crippen LogP contribution in [0, 0.1) is 17.2 Å². The fourth-order valence-corrected chi connectivity index (χ4v) is 4.11. The summed E-state index contributed by atoms with van der Waals surface area (Å²) in [6.07, 6.45) is 0.715. The fourth-order valence-electron chi connectivity index (χ4n) is 4.11. The number of nitriles is 1. The average Bonchev–Trinajstić information content (AvgIpc) is 2.65. The minimum absolute atomic E-state index is 0.0119. The predicted octanol–water partition coefficient (Wildman–Crippen LogP) is 3.23. The Morgan fingerprint density at radius 2 is 1.79 bits per heavy atom. The van der Waals surface area contributed by atoms with Crippen LogP contribution >= 0.6 is 0 Å². The van der Waals surface area contributed by atoms with E-state index in [1.165, 1.54) is 0 Å². The minimum atomic E-state index is -0.284. The Bertz CT molecular complexity index is 800. The zero-order valence-corrected chi connectivity index (χ0v) is 18.0. The van der Waals surface area contributed by atoms with Crippen LogP contribution in [0.15, 0.2) is 0 Å². The maximum Gasteiger partial charge on any atom is 0.225 e. The van der Waals surface area contributed by atoms with Crippen LogP contribution in [0.25, 0.3) is 0 Å². The van der Waals surface area contributed by atoms with Gasteiger partial charge in [0.05, 0.1) is 23.5 Å². The van der Waals surface area contributed by atoms with E-state index in [9.17, 15) is 10.1 Å². The number of nitrogens with zero attached hydrogens (tertiary/aromatic N) is 4. The third-order valence-electron chi connectivity index (χ3n) is 5.68. The normalized spacial score (nSPS) is 19.0. The van der Waals surface area contributed by atoms with E-state index in [-0.39, 0.29) is 23.3 Å². The van der Waals surface area contributed by atoms with Crippen molar-refractivity contribution in [2.45, 2.75) is 66.1 Å². The van der Waals surface area contributed by atoms with Gasteiger partial charge < -0.3 is 14.5 Å². The summed E-state index contributed by atoms with van der Waals surface area (Å²) < 4.78 is 6.02. The van der Waals surface area contributed by atoms with Gasteiger partial charge in [-0.15, -0.1) is 0 Å². The van der Waals surface area contributed by atoms with Crippen molar-refractivity contribution < 1.29 is 9.53 Å². The molecule has 1 saturated heterocycles. The first-order chi connectivity index (χ1) is 13.1. The molecule has 0 spiro atoms. The molecule has 0 aliphatic carbocycles. The molecule has 3 rings (SSSR count). The molecule has 0 N–H and O–H groups in total. The highest BCUT2D eigenvalue weighted by molar-refractivity contribution is 5.78. The Balaban J connectivity index is 1.97. The largest absolute Gasteiger partial charge is 0.370 e. The maximum absolute atomic E-state index is 12.3. The van der Waals surface area contributed by atoms with Gasteiger partial charge in [-0.3, -0.25) is 4.79 Å². The molecule has 2 aliphatic rings. The molecule has 152 valence electrons. The van der Waals surface area contributed by atoms with Gasteiger partial charge in [-0.2, -0.15) is 5.26 Å². The van der Waals surface area contributed by atoms with E-state index in [0.29, 0.717) is 44.8 Å². The number of aromatic nitrogens is 1. The molecule has 0 bridgehead atoms. The maximum atomic E-state index is 12.3. The van der Waals surface area contributed by atoms with Crippen molar-refractivity contribution >= 4 is 11.7 Å². The van der Waals surface area contributed by atoms with Crippen LogP contribution in [0.3, 0.4) is 0 Å². The first kappa shape index (κ1) is 20.6. The van der Waals surface area contributed by atoms with Crippen LogP contribution in [-0.4, -0.2) is 47.6 Å². The van der Waals surface area contributed by atoms with E-state index in [2.05, 4.69) is 38.7 Å². The van der Waals surface area contributed by atoms with Crippen molar-refractivity contribution in [3.63, 3.8) is 0 Å². The monoisotopic (exact) mass is 384 g/mol. The number of fused-ring (bicyclic) bond motifs is 1. The Morgan fingerprint density at radius 1 is 1.14 bits per heavy atom. The van der Waals surface area contributed by atoms with E-state index in [0.717, 1.165) is 22.6 Å². The van der Waals surface area contributed by atoms with Crippen molar-refractivity contribution in [2.75, 3.05) is 31.1 Å². The molecule has 0 saturated carbocycles. The van der Waals surface area contributed by atoms with Gasteiger partial charge in [-0.1, -0.05) is 27.7 Å². The summed E-state index contributed by atoms with van der Waals surface area (Å²) >= 11 is 0. The molecule has 0 atom stereocenters. The number of pyridine rings is 1. The lowest BCUT2D eigenvalue weighted by atomic mass is 9.86. The number of amides is 1. The molecule has 1 amide bonds. The SMILES string of the molecule is CC(C)C(=O)N1CCN(c2nc(C(C)C)c3c(c2C#N)CC(C)(C)OC3)CC1. The molecular weight excluding hydrogens is 352 g/mol. The summed E-state index contributed by atoms with van der Waals surface area (Å²) in [5.74, 6) is 1.24. The fraction of sp³-hybridized carbons (Fsp3) is 0.682. The second-order valence-electron chi connectivity index (χ2n) is 9.11. The summed E-state index contributed by atoms with van der Waals surface area (Å²) in [6, 6.07) is 2.44. The van der Waals surface area contributed by atoms with Crippen LogP contribution in [0.4, 0.5) is 5.82 Å². The third-order valence-corrected chi connectivity index (χ3v) is 5.68. The van der Waals surface area contributed by atoms with Crippen molar-refractivity contribution in [3.05, 3.63) is 22.4 Å². The first-order valence-corrected chi connectivity index (χ1v) is 10.3. The number of hydrogen-bond acceptors (Lipinski definition) is 5. The number of ether oxygens (including phenoxy) is 1. The molecule has 3 heterocycles. The molecule has 2 aliphatic heterocycles. The van der Waals surface area contributed by atoms with Gasteiger partial charge in [0.2, 0.25) is 5.91 Å². The zero-order chi connectivity index (χ0) is 20.6. The summed E-state index contributed by atoms with van der Waals surface area (Å²) in [5.41, 5.74) is 3.60. The number of carbonyl (C=O) groups is 1. The van der Waals surface area contributed by atoms with Gasteiger partial charge in [0, 0.05) is 44.1 Å². The smallest absolute Gasteiger partial charge is 0.225 e. The van der Waals surface area contributed by atoms with Gasteiger partial charge in [0.15, 0.2) is 0 Å². The summed E-state index contributed by atoms with van der Waals surface area (Å²) in [5, 5.41) is 10.00. The van der Waals surface area contributed by atoms with Crippen molar-refractivity contribution in [1.82, 2.24) is 9.88 Å². The van der Waals surface area contributed by atoms with Gasteiger partial charge >= 0.3 is 0 Å². The zero-order valence-electron chi connectivity index (χ0n) is 18.0. The Hall–Kier alpha value is -2.13. The molecule has 1 aromatic rings. The molecule has 6 heteroatoms. The van der Waals surface area contributed by atoms with Crippen LogP contribution in [0.5, 0.6) is 0 Å². The van der Waals surface area contributed by atoms with E-state index in [1.54, 1.807) is 0 Å². The molecule has 6 nitrogen and oxygen atoms in total. The lowest BCUT2D eigenvalue weighted by molar-refractivity contribution is -0.134. The highest BCUT2D eigenvalue weighted by Gasteiger charge is 2.34. The number of carbonyl (C=O) groups excluding carboxylic acids is 1. The highest BCUT2D eigenvalue weighted by atomic mass is 16.5. The van der Waals surface area contributed by atoms with Gasteiger partial charge in [0.25, 0.3) is 0 Å². The van der Waals surface area contributed by atoms with Crippen LogP contribution in [0.1, 0.15) is 69.8 Å². The molecule has 1 aromatic heterocycles. The van der Waals surface area contributed by atoms with E-state index in [1.807, 2.05) is 18.7 Å². The van der Waals surface area contributed by atoms with Crippen LogP contribution in [-0.2, 0) is 22.6 Å². The van der Waals surface area contributed by atoms with Gasteiger partial charge in [-0.05, 0) is 25.3 Å². The molecular formula is C22H32N4O2. The summed E-state index contributed by atoms with van der Waals surface area (Å²) in [4.78, 5) is 21.3. The molecule has 0 radical (unpaired) electrons. The minimum Gasteiger partial charge on any atom is -0.370 e. The lowest BCUT2D eigenvalue weighted by Crippen LogP contribution is -2.50. The lowest BCUT2D eigenvalue weighted by Gasteiger charge is -2.39. The van der Waals surface area contributed by atoms with Gasteiger partial charge in [-0.25, -0.2) is 4.98 Å². The molecule has 1 fully saturated rings. The standard InChI is InChI=1S/C22H32N4O2/c1-14(2)19-18-13-28-22(5,6)11-16(18)17(12-23)20(24-19)25-7-9-26(10-8-25)21(27)15(3)4/h14-15H,7-11,13H2,1-6H3. The topological polar surface area (TPSA) is 69.5 Å². The van der Waals surface area contributed by atoms with Crippen LogP contribution in [0.2, 0.25) is 0 Å². The van der Waals surface area contributed by atoms with Crippen LogP contribution < -0.4 is 4.90 Å². The Kier molecular flexibility index (Phi) is 5.67. The van der Waals surface area contributed by atoms with E-state index < -0.39 is 0 Å². The second-order valence-corrected chi connectivity index (χ2v) is 9.11. The Morgan fingerprint density at radius 3 is 2.32 bits per heavy atom. The molecule has 0 unspecified atom stereocenters. The van der Waals surface area contributed by atoms with Crippen molar-refractivity contribution in [3.8, 4) is 6.07 Å². The Labute approximate surface area is 168 Å². The van der Waals surface area contributed by atoms with E-state index in [4.69, 9.17) is 9.72 Å². The van der Waals surface area contributed by atoms with Crippen molar-refractivity contribution in [2.24, 2.45) is 5.92 Å². The molecule has 28 heavy (non-hydrogen) atoms.